The summed E-state index contributed by atoms with van der Waals surface area (Å²) in [6.45, 7) is 4.17. The fourth-order valence-electron chi connectivity index (χ4n) is 3.48. The molecule has 1 aliphatic heterocycles. The number of aromatic nitrogens is 3. The number of carbonyl (C=O) groups excluding carboxylic acids is 1. The topological polar surface area (TPSA) is 105 Å². The molecule has 13 heteroatoms. The molecule has 1 aliphatic rings. The summed E-state index contributed by atoms with van der Waals surface area (Å²) in [5.41, 5.74) is 1.78. The van der Waals surface area contributed by atoms with Crippen LogP contribution < -0.4 is 20.3 Å². The number of ether oxygens (including phenoxy) is 2. The predicted molar refractivity (Wildman–Crippen MR) is 124 cm³/mol. The van der Waals surface area contributed by atoms with E-state index in [1.807, 2.05) is 27.1 Å². The van der Waals surface area contributed by atoms with E-state index in [-0.39, 0.29) is 29.4 Å². The summed E-state index contributed by atoms with van der Waals surface area (Å²) in [4.78, 5) is 20.3. The molecule has 0 aliphatic carbocycles. The minimum Gasteiger partial charge on any atom is -0.471 e. The smallest absolute Gasteiger partial charge is 0.319 e. The van der Waals surface area contributed by atoms with E-state index in [2.05, 4.69) is 35.6 Å². The Hall–Kier alpha value is -2.83. The Bertz CT molecular complexity index is 983. The van der Waals surface area contributed by atoms with Crippen molar-refractivity contribution >= 4 is 29.1 Å². The molecule has 0 aromatic carbocycles. The summed E-state index contributed by atoms with van der Waals surface area (Å²) in [6.07, 6.45) is -2.56. The molecule has 186 valence electrons. The first-order chi connectivity index (χ1) is 16.2. The number of anilines is 2. The second-order valence-electron chi connectivity index (χ2n) is 8.07. The largest absolute Gasteiger partial charge is 0.471 e. The number of morpholine rings is 1. The van der Waals surface area contributed by atoms with E-state index in [4.69, 9.17) is 21.1 Å². The molecule has 3 heterocycles. The monoisotopic (exact) mass is 499 g/mol. The number of likely N-dealkylation sites (N-methyl/N-ethyl adjacent to an activating group) is 1. The third kappa shape index (κ3) is 7.89. The van der Waals surface area contributed by atoms with E-state index < -0.39 is 19.1 Å². The normalized spacial score (nSPS) is 16.1. The van der Waals surface area contributed by atoms with E-state index >= 15 is 0 Å². The number of nitrogens with zero attached hydrogens (tertiary/aromatic N) is 5. The lowest BCUT2D eigenvalue weighted by Crippen LogP contribution is -2.47. The minimum absolute atomic E-state index is 0.00456. The average Bonchev–Trinajstić information content (AvgIpc) is 2.76. The Morgan fingerprint density at radius 1 is 1.35 bits per heavy atom. The molecule has 34 heavy (non-hydrogen) atoms. The maximum absolute atomic E-state index is 12.3. The van der Waals surface area contributed by atoms with Gasteiger partial charge in [0.25, 0.3) is 6.43 Å². The van der Waals surface area contributed by atoms with Crippen molar-refractivity contribution in [2.45, 2.75) is 26.0 Å². The minimum atomic E-state index is -2.65. The lowest BCUT2D eigenvalue weighted by Gasteiger charge is -2.35. The van der Waals surface area contributed by atoms with Crippen LogP contribution in [0.3, 0.4) is 0 Å². The number of hydrogen-bond donors (Lipinski definition) is 2. The Kier molecular flexibility index (Phi) is 9.13. The summed E-state index contributed by atoms with van der Waals surface area (Å²) < 4.78 is 35.3. The maximum Gasteiger partial charge on any atom is 0.319 e. The van der Waals surface area contributed by atoms with Crippen LogP contribution in [0.4, 0.5) is 25.1 Å². The highest BCUT2D eigenvalue weighted by molar-refractivity contribution is 6.29. The molecule has 2 aromatic rings. The number of urea groups is 1. The molecular weight excluding hydrogens is 472 g/mol. The number of nitrogens with one attached hydrogen (secondary N) is 2. The van der Waals surface area contributed by atoms with Gasteiger partial charge in [-0.2, -0.15) is 5.10 Å². The quantitative estimate of drug-likeness (QED) is 0.507. The highest BCUT2D eigenvalue weighted by Crippen LogP contribution is 2.21. The first-order valence-electron chi connectivity index (χ1n) is 10.7. The summed E-state index contributed by atoms with van der Waals surface area (Å²) in [5, 5.41) is 13.8. The fraction of sp³-hybridized carbons (Fsp3) is 0.524. The van der Waals surface area contributed by atoms with Gasteiger partial charge in [-0.25, -0.2) is 18.6 Å². The van der Waals surface area contributed by atoms with E-state index in [0.29, 0.717) is 12.3 Å². The summed E-state index contributed by atoms with van der Waals surface area (Å²) in [7, 11) is 4.02. The third-order valence-electron chi connectivity index (χ3n) is 4.83. The zero-order chi connectivity index (χ0) is 24.7. The molecule has 2 aromatic heterocycles. The average molecular weight is 500 g/mol. The molecular formula is C21H28ClF2N7O3. The van der Waals surface area contributed by atoms with Crippen LogP contribution in [-0.4, -0.2) is 85.6 Å². The molecule has 0 spiro atoms. The molecule has 0 bridgehead atoms. The predicted octanol–water partition coefficient (Wildman–Crippen LogP) is 2.57. The first kappa shape index (κ1) is 25.8. The van der Waals surface area contributed by atoms with Gasteiger partial charge in [0.15, 0.2) is 12.4 Å². The fourth-order valence-corrected chi connectivity index (χ4v) is 3.68. The van der Waals surface area contributed by atoms with Crippen molar-refractivity contribution in [3.63, 3.8) is 0 Å². The van der Waals surface area contributed by atoms with Gasteiger partial charge in [0.2, 0.25) is 5.88 Å². The van der Waals surface area contributed by atoms with Gasteiger partial charge in [-0.1, -0.05) is 11.6 Å². The Balaban J connectivity index is 1.55. The van der Waals surface area contributed by atoms with Crippen LogP contribution >= 0.6 is 11.6 Å². The van der Waals surface area contributed by atoms with Crippen molar-refractivity contribution in [3.05, 3.63) is 34.6 Å². The zero-order valence-corrected chi connectivity index (χ0v) is 20.0. The van der Waals surface area contributed by atoms with E-state index in [1.165, 1.54) is 12.1 Å². The molecule has 1 unspecified atom stereocenters. The Morgan fingerprint density at radius 3 is 2.85 bits per heavy atom. The molecule has 0 radical (unpaired) electrons. The van der Waals surface area contributed by atoms with Gasteiger partial charge in [-0.05, 0) is 38.7 Å². The standard InChI is InChI=1S/C21H28ClF2N7O3/c1-13-6-15(28-29-20(13)31-4-5-33-16(11-31)10-30(2)3)9-25-21(32)26-14-7-17(22)27-19(8-14)34-12-18(23)24/h6-8,16,18H,4-5,9-12H2,1-3H3,(H2,25,26,27,32). The Morgan fingerprint density at radius 2 is 2.15 bits per heavy atom. The molecule has 1 fully saturated rings. The second kappa shape index (κ2) is 12.0. The van der Waals surface area contributed by atoms with Crippen molar-refractivity contribution in [1.29, 1.82) is 0 Å². The van der Waals surface area contributed by atoms with Gasteiger partial charge >= 0.3 is 6.03 Å². The third-order valence-corrected chi connectivity index (χ3v) is 5.03. The summed E-state index contributed by atoms with van der Waals surface area (Å²) >= 11 is 5.87. The van der Waals surface area contributed by atoms with Gasteiger partial charge in [0.05, 0.1) is 30.6 Å². The number of amides is 2. The van der Waals surface area contributed by atoms with Crippen molar-refractivity contribution in [2.75, 3.05) is 57.2 Å². The van der Waals surface area contributed by atoms with Crippen molar-refractivity contribution in [3.8, 4) is 5.88 Å². The summed E-state index contributed by atoms with van der Waals surface area (Å²) in [5.74, 6) is 0.680. The highest BCUT2D eigenvalue weighted by atomic mass is 35.5. The summed E-state index contributed by atoms with van der Waals surface area (Å²) in [6, 6.07) is 4.02. The molecule has 2 N–H and O–H groups in total. The molecule has 3 rings (SSSR count). The first-order valence-corrected chi connectivity index (χ1v) is 11.0. The van der Waals surface area contributed by atoms with Crippen molar-refractivity contribution < 1.29 is 23.0 Å². The van der Waals surface area contributed by atoms with Gasteiger partial charge in [-0.15, -0.1) is 5.10 Å². The van der Waals surface area contributed by atoms with Crippen molar-refractivity contribution in [2.24, 2.45) is 0 Å². The maximum atomic E-state index is 12.3. The molecule has 0 saturated carbocycles. The number of aryl methyl sites for hydroxylation is 1. The van der Waals surface area contributed by atoms with Crippen LogP contribution in [0.15, 0.2) is 18.2 Å². The van der Waals surface area contributed by atoms with E-state index in [1.54, 1.807) is 0 Å². The van der Waals surface area contributed by atoms with Crippen LogP contribution in [-0.2, 0) is 11.3 Å². The molecule has 2 amide bonds. The van der Waals surface area contributed by atoms with Gasteiger partial charge < -0.3 is 29.9 Å². The lowest BCUT2D eigenvalue weighted by atomic mass is 10.2. The number of alkyl halides is 2. The van der Waals surface area contributed by atoms with Crippen LogP contribution in [0.2, 0.25) is 5.15 Å². The molecule has 10 nitrogen and oxygen atoms in total. The number of rotatable bonds is 9. The van der Waals surface area contributed by atoms with E-state index in [0.717, 1.165) is 31.0 Å². The van der Waals surface area contributed by atoms with Gasteiger partial charge in [-0.3, -0.25) is 0 Å². The number of pyridine rings is 1. The van der Waals surface area contributed by atoms with Gasteiger partial charge in [0, 0.05) is 25.7 Å². The van der Waals surface area contributed by atoms with Crippen LogP contribution in [0.1, 0.15) is 11.3 Å². The second-order valence-corrected chi connectivity index (χ2v) is 8.46. The number of halogens is 3. The van der Waals surface area contributed by atoms with Crippen molar-refractivity contribution in [1.82, 2.24) is 25.4 Å². The van der Waals surface area contributed by atoms with Crippen LogP contribution in [0, 0.1) is 6.92 Å². The van der Waals surface area contributed by atoms with E-state index in [9.17, 15) is 13.6 Å². The number of carbonyl (C=O) groups is 1. The molecule has 1 saturated heterocycles. The van der Waals surface area contributed by atoms with Crippen LogP contribution in [0.25, 0.3) is 0 Å². The molecule has 1 atom stereocenters. The number of hydrogen-bond acceptors (Lipinski definition) is 8. The highest BCUT2D eigenvalue weighted by Gasteiger charge is 2.23. The SMILES string of the molecule is Cc1cc(CNC(=O)Nc2cc(Cl)nc(OCC(F)F)c2)nnc1N1CCOC(CN(C)C)C1. The van der Waals surface area contributed by atoms with Crippen LogP contribution in [0.5, 0.6) is 5.88 Å². The Labute approximate surface area is 201 Å². The van der Waals surface area contributed by atoms with Gasteiger partial charge in [0.1, 0.15) is 5.15 Å². The lowest BCUT2D eigenvalue weighted by molar-refractivity contribution is 0.0244. The zero-order valence-electron chi connectivity index (χ0n) is 19.2.